The maximum Gasteiger partial charge on any atom is 0.271 e. The van der Waals surface area contributed by atoms with E-state index in [1.807, 2.05) is 30.3 Å². The number of carbonyl (C=O) groups excluding carboxylic acids is 1. The molecule has 0 aliphatic carbocycles. The summed E-state index contributed by atoms with van der Waals surface area (Å²) in [6.45, 7) is 1.97. The lowest BCUT2D eigenvalue weighted by Crippen LogP contribution is -2.30. The molecule has 0 saturated carbocycles. The summed E-state index contributed by atoms with van der Waals surface area (Å²) in [6.07, 6.45) is 1.59. The molecule has 0 atom stereocenters. The van der Waals surface area contributed by atoms with Crippen molar-refractivity contribution in [2.24, 2.45) is 0 Å². The molecular weight excluding hydrogens is 396 g/mol. The fourth-order valence-corrected chi connectivity index (χ4v) is 3.33. The van der Waals surface area contributed by atoms with Crippen LogP contribution >= 0.6 is 0 Å². The van der Waals surface area contributed by atoms with Crippen molar-refractivity contribution < 1.29 is 9.72 Å². The monoisotopic (exact) mass is 414 g/mol. The van der Waals surface area contributed by atoms with E-state index in [-0.39, 0.29) is 23.5 Å². The minimum atomic E-state index is -0.638. The Kier molecular flexibility index (Phi) is 5.28. The van der Waals surface area contributed by atoms with Gasteiger partial charge in [-0.05, 0) is 36.2 Å². The first-order chi connectivity index (χ1) is 14.9. The van der Waals surface area contributed by atoms with E-state index in [9.17, 15) is 19.7 Å². The number of aromatic nitrogens is 2. The molecule has 1 N–H and O–H groups in total. The molecule has 8 heteroatoms. The highest BCUT2D eigenvalue weighted by atomic mass is 16.6. The van der Waals surface area contributed by atoms with Crippen LogP contribution in [0.25, 0.3) is 11.0 Å². The largest absolute Gasteiger partial charge is 0.321 e. The average molecular weight is 414 g/mol. The summed E-state index contributed by atoms with van der Waals surface area (Å²) in [5, 5.41) is 14.4. The number of nitro benzene ring substituents is 1. The zero-order chi connectivity index (χ0) is 22.0. The first-order valence-electron chi connectivity index (χ1n) is 9.53. The summed E-state index contributed by atoms with van der Waals surface area (Å²) >= 11 is 0. The smallest absolute Gasteiger partial charge is 0.271 e. The van der Waals surface area contributed by atoms with Crippen molar-refractivity contribution in [1.82, 2.24) is 9.55 Å². The number of nitrogens with one attached hydrogen (secondary N) is 1. The molecular formula is C23H18N4O4. The Morgan fingerprint density at radius 2 is 1.87 bits per heavy atom. The van der Waals surface area contributed by atoms with Crippen LogP contribution in [-0.4, -0.2) is 20.4 Å². The van der Waals surface area contributed by atoms with Crippen molar-refractivity contribution in [3.8, 4) is 0 Å². The van der Waals surface area contributed by atoms with E-state index in [0.29, 0.717) is 16.6 Å². The maximum atomic E-state index is 13.2. The molecule has 154 valence electrons. The van der Waals surface area contributed by atoms with Gasteiger partial charge in [-0.25, -0.2) is 4.98 Å². The van der Waals surface area contributed by atoms with Gasteiger partial charge in [-0.15, -0.1) is 0 Å². The van der Waals surface area contributed by atoms with Crippen molar-refractivity contribution in [2.45, 2.75) is 13.5 Å². The topological polar surface area (TPSA) is 107 Å². The molecule has 2 aromatic heterocycles. The molecule has 2 aromatic carbocycles. The van der Waals surface area contributed by atoms with Crippen LogP contribution in [0.5, 0.6) is 0 Å². The molecule has 1 amide bonds. The van der Waals surface area contributed by atoms with Gasteiger partial charge in [0.25, 0.3) is 17.2 Å². The molecule has 4 aromatic rings. The summed E-state index contributed by atoms with van der Waals surface area (Å²) < 4.78 is 1.46. The number of hydrogen-bond acceptors (Lipinski definition) is 5. The number of aryl methyl sites for hydroxylation is 1. The van der Waals surface area contributed by atoms with Crippen LogP contribution in [0.3, 0.4) is 0 Å². The lowest BCUT2D eigenvalue weighted by molar-refractivity contribution is -0.384. The Morgan fingerprint density at radius 3 is 2.61 bits per heavy atom. The summed E-state index contributed by atoms with van der Waals surface area (Å²) in [7, 11) is 0. The fraction of sp³-hybridized carbons (Fsp3) is 0.0870. The molecule has 4 rings (SSSR count). The zero-order valence-electron chi connectivity index (χ0n) is 16.6. The third-order valence-electron chi connectivity index (χ3n) is 4.96. The first-order valence-corrected chi connectivity index (χ1v) is 9.53. The minimum Gasteiger partial charge on any atom is -0.321 e. The Balaban J connectivity index is 1.78. The standard InChI is InChI=1S/C23H18N4O4/c1-15-9-10-18(27(30)31)13-20(15)25-22(28)19-12-17-8-5-11-24-21(17)26(23(19)29)14-16-6-3-2-4-7-16/h2-13H,14H2,1H3,(H,25,28). The lowest BCUT2D eigenvalue weighted by Gasteiger charge is -2.13. The summed E-state index contributed by atoms with van der Waals surface area (Å²) in [4.78, 5) is 41.1. The number of carbonyl (C=O) groups is 1. The van der Waals surface area contributed by atoms with Gasteiger partial charge in [0, 0.05) is 23.7 Å². The predicted molar refractivity (Wildman–Crippen MR) is 117 cm³/mol. The van der Waals surface area contributed by atoms with Crippen LogP contribution in [0.4, 0.5) is 11.4 Å². The highest BCUT2D eigenvalue weighted by molar-refractivity contribution is 6.06. The molecule has 0 aliphatic heterocycles. The van der Waals surface area contributed by atoms with Gasteiger partial charge >= 0.3 is 0 Å². The van der Waals surface area contributed by atoms with Crippen LogP contribution in [-0.2, 0) is 6.54 Å². The number of amides is 1. The molecule has 0 unspecified atom stereocenters. The number of nitrogens with zero attached hydrogens (tertiary/aromatic N) is 3. The normalized spacial score (nSPS) is 10.7. The molecule has 0 radical (unpaired) electrons. The van der Waals surface area contributed by atoms with Crippen molar-refractivity contribution in [3.63, 3.8) is 0 Å². The first kappa shape index (κ1) is 20.0. The molecule has 0 aliphatic rings. The van der Waals surface area contributed by atoms with E-state index in [1.165, 1.54) is 22.8 Å². The van der Waals surface area contributed by atoms with Gasteiger partial charge in [-0.2, -0.15) is 0 Å². The van der Waals surface area contributed by atoms with Crippen LogP contribution < -0.4 is 10.9 Å². The van der Waals surface area contributed by atoms with Gasteiger partial charge in [0.2, 0.25) is 0 Å². The zero-order valence-corrected chi connectivity index (χ0v) is 16.6. The highest BCUT2D eigenvalue weighted by Crippen LogP contribution is 2.22. The molecule has 0 fully saturated rings. The molecule has 31 heavy (non-hydrogen) atoms. The lowest BCUT2D eigenvalue weighted by atomic mass is 10.1. The van der Waals surface area contributed by atoms with Gasteiger partial charge in [0.1, 0.15) is 11.2 Å². The number of fused-ring (bicyclic) bond motifs is 1. The summed E-state index contributed by atoms with van der Waals surface area (Å²) in [5.74, 6) is -0.638. The van der Waals surface area contributed by atoms with Gasteiger partial charge in [-0.3, -0.25) is 24.3 Å². The number of rotatable bonds is 5. The van der Waals surface area contributed by atoms with Gasteiger partial charge in [0.15, 0.2) is 0 Å². The van der Waals surface area contributed by atoms with Crippen LogP contribution in [0, 0.1) is 17.0 Å². The van der Waals surface area contributed by atoms with E-state index >= 15 is 0 Å². The molecule has 2 heterocycles. The van der Waals surface area contributed by atoms with E-state index in [2.05, 4.69) is 10.3 Å². The second-order valence-corrected chi connectivity index (χ2v) is 7.06. The predicted octanol–water partition coefficient (Wildman–Crippen LogP) is 3.91. The van der Waals surface area contributed by atoms with Crippen LogP contribution in [0.1, 0.15) is 21.5 Å². The third kappa shape index (κ3) is 4.04. The average Bonchev–Trinajstić information content (AvgIpc) is 2.77. The van der Waals surface area contributed by atoms with Gasteiger partial charge in [-0.1, -0.05) is 36.4 Å². The quantitative estimate of drug-likeness (QED) is 0.393. The number of hydrogen-bond donors (Lipinski definition) is 1. The van der Waals surface area contributed by atoms with Crippen LogP contribution in [0.2, 0.25) is 0 Å². The fourth-order valence-electron chi connectivity index (χ4n) is 3.33. The Hall–Kier alpha value is -4.33. The Bertz CT molecular complexity index is 1360. The Morgan fingerprint density at radius 1 is 1.10 bits per heavy atom. The van der Waals surface area contributed by atoms with Crippen molar-refractivity contribution in [3.05, 3.63) is 110 Å². The van der Waals surface area contributed by atoms with Crippen LogP contribution in [0.15, 0.2) is 77.7 Å². The molecule has 0 saturated heterocycles. The summed E-state index contributed by atoms with van der Waals surface area (Å²) in [5.41, 5.74) is 1.58. The van der Waals surface area contributed by atoms with Crippen molar-refractivity contribution in [1.29, 1.82) is 0 Å². The van der Waals surface area contributed by atoms with E-state index in [4.69, 9.17) is 0 Å². The third-order valence-corrected chi connectivity index (χ3v) is 4.96. The van der Waals surface area contributed by atoms with E-state index in [1.54, 1.807) is 31.3 Å². The van der Waals surface area contributed by atoms with Crippen molar-refractivity contribution in [2.75, 3.05) is 5.32 Å². The highest BCUT2D eigenvalue weighted by Gasteiger charge is 2.18. The Labute approximate surface area is 176 Å². The second kappa shape index (κ2) is 8.19. The van der Waals surface area contributed by atoms with E-state index < -0.39 is 16.4 Å². The van der Waals surface area contributed by atoms with E-state index in [0.717, 1.165) is 5.56 Å². The minimum absolute atomic E-state index is 0.0673. The number of pyridine rings is 2. The molecule has 0 spiro atoms. The number of nitro groups is 1. The maximum absolute atomic E-state index is 13.2. The molecule has 0 bridgehead atoms. The van der Waals surface area contributed by atoms with Gasteiger partial charge < -0.3 is 5.32 Å². The number of anilines is 1. The molecule has 8 nitrogen and oxygen atoms in total. The second-order valence-electron chi connectivity index (χ2n) is 7.06. The number of benzene rings is 2. The van der Waals surface area contributed by atoms with Crippen molar-refractivity contribution >= 4 is 28.3 Å². The summed E-state index contributed by atoms with van der Waals surface area (Å²) in [6, 6.07) is 18.6. The number of non-ortho nitro benzene ring substituents is 1. The SMILES string of the molecule is Cc1ccc([N+](=O)[O-])cc1NC(=O)c1cc2cccnc2n(Cc2ccccc2)c1=O. The van der Waals surface area contributed by atoms with Gasteiger partial charge in [0.05, 0.1) is 17.2 Å².